The van der Waals surface area contributed by atoms with Gasteiger partial charge in [-0.2, -0.15) is 0 Å². The van der Waals surface area contributed by atoms with Gasteiger partial charge in [0.05, 0.1) is 11.3 Å². The monoisotopic (exact) mass is 358 g/mol. The molecule has 7 nitrogen and oxygen atoms in total. The van der Waals surface area contributed by atoms with Crippen molar-refractivity contribution in [2.75, 3.05) is 36.8 Å². The van der Waals surface area contributed by atoms with Gasteiger partial charge in [0.2, 0.25) is 11.9 Å². The maximum Gasteiger partial charge on any atom is 0.336 e. The molecule has 1 fully saturated rings. The first-order valence-electron chi connectivity index (χ1n) is 7.90. The number of carbonyl (C=O) groups excluding carboxylic acids is 1. The minimum absolute atomic E-state index is 0.0128. The highest BCUT2D eigenvalue weighted by atomic mass is 32.2. The number of hydrogen-bond donors (Lipinski definition) is 1. The lowest BCUT2D eigenvalue weighted by Gasteiger charge is -2.34. The standard InChI is InChI=1S/C17H18N4O3S/c22-15(12-25-14-5-2-1-4-13(14)16(23)24)20-8-10-21(11-9-20)17-18-6-3-7-19-17/h1-7H,8-12H2,(H,23,24). The van der Waals surface area contributed by atoms with Crippen LogP contribution in [-0.2, 0) is 4.79 Å². The van der Waals surface area contributed by atoms with E-state index in [0.29, 0.717) is 37.0 Å². The highest BCUT2D eigenvalue weighted by Crippen LogP contribution is 2.23. The maximum atomic E-state index is 12.4. The van der Waals surface area contributed by atoms with Crippen molar-refractivity contribution in [2.24, 2.45) is 0 Å². The molecule has 0 atom stereocenters. The summed E-state index contributed by atoms with van der Waals surface area (Å²) in [5.74, 6) is -0.0585. The SMILES string of the molecule is O=C(O)c1ccccc1SCC(=O)N1CCN(c2ncccn2)CC1. The third-order valence-corrected chi connectivity index (χ3v) is 4.99. The third-order valence-electron chi connectivity index (χ3n) is 3.94. The fourth-order valence-corrected chi connectivity index (χ4v) is 3.56. The Morgan fingerprint density at radius 3 is 2.40 bits per heavy atom. The summed E-state index contributed by atoms with van der Waals surface area (Å²) in [4.78, 5) is 36.5. The molecule has 0 radical (unpaired) electrons. The first kappa shape index (κ1) is 17.2. The van der Waals surface area contributed by atoms with E-state index in [1.165, 1.54) is 11.8 Å². The molecule has 0 spiro atoms. The minimum atomic E-state index is -0.980. The van der Waals surface area contributed by atoms with Crippen molar-refractivity contribution in [1.29, 1.82) is 0 Å². The van der Waals surface area contributed by atoms with Crippen molar-refractivity contribution in [3.8, 4) is 0 Å². The molecule has 1 N–H and O–H groups in total. The maximum absolute atomic E-state index is 12.4. The van der Waals surface area contributed by atoms with Crippen LogP contribution in [0.3, 0.4) is 0 Å². The highest BCUT2D eigenvalue weighted by Gasteiger charge is 2.22. The minimum Gasteiger partial charge on any atom is -0.478 e. The van der Waals surface area contributed by atoms with E-state index in [0.717, 1.165) is 0 Å². The van der Waals surface area contributed by atoms with Crippen LogP contribution in [0.5, 0.6) is 0 Å². The predicted octanol–water partition coefficient (Wildman–Crippen LogP) is 1.62. The van der Waals surface area contributed by atoms with Crippen LogP contribution in [0, 0.1) is 0 Å². The molecule has 0 aliphatic carbocycles. The van der Waals surface area contributed by atoms with Crippen molar-refractivity contribution in [1.82, 2.24) is 14.9 Å². The topological polar surface area (TPSA) is 86.6 Å². The molecular formula is C17H18N4O3S. The summed E-state index contributed by atoms with van der Waals surface area (Å²) in [6.45, 7) is 2.59. The molecule has 1 aliphatic heterocycles. The van der Waals surface area contributed by atoms with Gasteiger partial charge in [0.25, 0.3) is 0 Å². The van der Waals surface area contributed by atoms with Crippen LogP contribution in [0.15, 0.2) is 47.6 Å². The van der Waals surface area contributed by atoms with E-state index >= 15 is 0 Å². The van der Waals surface area contributed by atoms with Crippen molar-refractivity contribution in [3.63, 3.8) is 0 Å². The lowest BCUT2D eigenvalue weighted by Crippen LogP contribution is -2.49. The molecular weight excluding hydrogens is 340 g/mol. The van der Waals surface area contributed by atoms with E-state index in [1.807, 2.05) is 0 Å². The summed E-state index contributed by atoms with van der Waals surface area (Å²) in [6.07, 6.45) is 3.41. The molecule has 3 rings (SSSR count). The molecule has 2 aromatic rings. The summed E-state index contributed by atoms with van der Waals surface area (Å²) < 4.78 is 0. The number of benzene rings is 1. The number of aromatic nitrogens is 2. The van der Waals surface area contributed by atoms with Crippen LogP contribution >= 0.6 is 11.8 Å². The molecule has 8 heteroatoms. The molecule has 1 aliphatic rings. The van der Waals surface area contributed by atoms with Crippen LogP contribution in [0.1, 0.15) is 10.4 Å². The van der Waals surface area contributed by atoms with Crippen LogP contribution in [0.4, 0.5) is 5.95 Å². The Labute approximate surface area is 149 Å². The molecule has 0 unspecified atom stereocenters. The van der Waals surface area contributed by atoms with E-state index < -0.39 is 5.97 Å². The Morgan fingerprint density at radius 1 is 1.04 bits per heavy atom. The number of carbonyl (C=O) groups is 2. The number of carboxylic acids is 1. The largest absolute Gasteiger partial charge is 0.478 e. The van der Waals surface area contributed by atoms with Gasteiger partial charge in [-0.3, -0.25) is 4.79 Å². The average molecular weight is 358 g/mol. The van der Waals surface area contributed by atoms with E-state index in [-0.39, 0.29) is 17.2 Å². The number of amides is 1. The smallest absolute Gasteiger partial charge is 0.336 e. The molecule has 0 saturated carbocycles. The Kier molecular flexibility index (Phi) is 5.49. The number of rotatable bonds is 5. The quantitative estimate of drug-likeness (QED) is 0.813. The van der Waals surface area contributed by atoms with Crippen LogP contribution in [-0.4, -0.2) is 63.8 Å². The summed E-state index contributed by atoms with van der Waals surface area (Å²) in [6, 6.07) is 8.51. The van der Waals surface area contributed by atoms with Gasteiger partial charge in [-0.05, 0) is 18.2 Å². The summed E-state index contributed by atoms with van der Waals surface area (Å²) in [7, 11) is 0. The number of carboxylic acid groups (broad SMARTS) is 1. The fourth-order valence-electron chi connectivity index (χ4n) is 2.61. The number of nitrogens with zero attached hydrogens (tertiary/aromatic N) is 4. The Morgan fingerprint density at radius 2 is 1.72 bits per heavy atom. The van der Waals surface area contributed by atoms with Crippen LogP contribution < -0.4 is 4.90 Å². The molecule has 1 aromatic carbocycles. The lowest BCUT2D eigenvalue weighted by atomic mass is 10.2. The van der Waals surface area contributed by atoms with Gasteiger partial charge in [-0.25, -0.2) is 14.8 Å². The molecule has 1 amide bonds. The summed E-state index contributed by atoms with van der Waals surface area (Å²) in [5, 5.41) is 9.19. The van der Waals surface area contributed by atoms with E-state index in [1.54, 1.807) is 47.6 Å². The normalized spacial score (nSPS) is 14.4. The molecule has 2 heterocycles. The molecule has 25 heavy (non-hydrogen) atoms. The zero-order chi connectivity index (χ0) is 17.6. The number of thioether (sulfide) groups is 1. The molecule has 0 bridgehead atoms. The van der Waals surface area contributed by atoms with Gasteiger partial charge in [-0.1, -0.05) is 12.1 Å². The van der Waals surface area contributed by atoms with Gasteiger partial charge < -0.3 is 14.9 Å². The summed E-state index contributed by atoms with van der Waals surface area (Å²) >= 11 is 1.26. The molecule has 130 valence electrons. The van der Waals surface area contributed by atoms with E-state index in [2.05, 4.69) is 14.9 Å². The predicted molar refractivity (Wildman–Crippen MR) is 95.0 cm³/mol. The fraction of sp³-hybridized carbons (Fsp3) is 0.294. The second-order valence-corrected chi connectivity index (χ2v) is 6.52. The number of piperazine rings is 1. The number of aromatic carboxylic acids is 1. The Bertz CT molecular complexity index is 749. The Balaban J connectivity index is 1.53. The average Bonchev–Trinajstić information content (AvgIpc) is 2.67. The Hall–Kier alpha value is -2.61. The second kappa shape index (κ2) is 7.98. The highest BCUT2D eigenvalue weighted by molar-refractivity contribution is 8.00. The van der Waals surface area contributed by atoms with Crippen molar-refractivity contribution in [2.45, 2.75) is 4.90 Å². The zero-order valence-electron chi connectivity index (χ0n) is 13.5. The van der Waals surface area contributed by atoms with Gasteiger partial charge in [0, 0.05) is 43.5 Å². The van der Waals surface area contributed by atoms with Gasteiger partial charge in [0.15, 0.2) is 0 Å². The van der Waals surface area contributed by atoms with Crippen molar-refractivity contribution >= 4 is 29.6 Å². The third kappa shape index (κ3) is 4.27. The van der Waals surface area contributed by atoms with Gasteiger partial charge in [-0.15, -0.1) is 11.8 Å². The first-order valence-corrected chi connectivity index (χ1v) is 8.88. The van der Waals surface area contributed by atoms with Crippen molar-refractivity contribution < 1.29 is 14.7 Å². The first-order chi connectivity index (χ1) is 12.1. The zero-order valence-corrected chi connectivity index (χ0v) is 14.4. The lowest BCUT2D eigenvalue weighted by molar-refractivity contribution is -0.128. The van der Waals surface area contributed by atoms with E-state index in [4.69, 9.17) is 0 Å². The summed E-state index contributed by atoms with van der Waals surface area (Å²) in [5.41, 5.74) is 0.228. The molecule has 1 aromatic heterocycles. The number of anilines is 1. The second-order valence-electron chi connectivity index (χ2n) is 5.51. The number of hydrogen-bond acceptors (Lipinski definition) is 6. The van der Waals surface area contributed by atoms with E-state index in [9.17, 15) is 14.7 Å². The van der Waals surface area contributed by atoms with Crippen LogP contribution in [0.25, 0.3) is 0 Å². The van der Waals surface area contributed by atoms with Crippen molar-refractivity contribution in [3.05, 3.63) is 48.3 Å². The molecule has 1 saturated heterocycles. The van der Waals surface area contributed by atoms with Gasteiger partial charge >= 0.3 is 5.97 Å². The van der Waals surface area contributed by atoms with Gasteiger partial charge in [0.1, 0.15) is 0 Å². The van der Waals surface area contributed by atoms with Crippen LogP contribution in [0.2, 0.25) is 0 Å².